The Balaban J connectivity index is 2.48. The largest absolute Gasteiger partial charge is 0.389 e. The van der Waals surface area contributed by atoms with Gasteiger partial charge in [0, 0.05) is 19.7 Å². The van der Waals surface area contributed by atoms with Crippen LogP contribution in [-0.2, 0) is 9.53 Å². The number of rotatable bonds is 6. The van der Waals surface area contributed by atoms with E-state index < -0.39 is 6.10 Å². The molecular weight excluding hydrogens is 230 g/mol. The second kappa shape index (κ2) is 7.63. The van der Waals surface area contributed by atoms with E-state index in [0.717, 1.165) is 11.1 Å². The molecule has 0 aliphatic carbocycles. The van der Waals surface area contributed by atoms with Crippen LogP contribution in [0.25, 0.3) is 5.57 Å². The lowest BCUT2D eigenvalue weighted by molar-refractivity contribution is -0.117. The van der Waals surface area contributed by atoms with E-state index in [1.54, 1.807) is 0 Å². The van der Waals surface area contributed by atoms with Gasteiger partial charge in [-0.2, -0.15) is 0 Å². The average Bonchev–Trinajstić information content (AvgIpc) is 2.38. The average molecular weight is 249 g/mol. The SMILES string of the molecule is COCC(O)CNC(=O)/C=C(/C)c1ccccc1. The Morgan fingerprint density at radius 1 is 1.44 bits per heavy atom. The lowest BCUT2D eigenvalue weighted by atomic mass is 10.1. The molecule has 0 aliphatic rings. The van der Waals surface area contributed by atoms with E-state index >= 15 is 0 Å². The highest BCUT2D eigenvalue weighted by molar-refractivity contribution is 5.94. The maximum absolute atomic E-state index is 11.6. The van der Waals surface area contributed by atoms with Gasteiger partial charge in [0.1, 0.15) is 0 Å². The summed E-state index contributed by atoms with van der Waals surface area (Å²) in [5, 5.41) is 12.0. The van der Waals surface area contributed by atoms with Crippen LogP contribution in [0.1, 0.15) is 12.5 Å². The number of allylic oxidation sites excluding steroid dienone is 1. The van der Waals surface area contributed by atoms with Crippen molar-refractivity contribution in [3.05, 3.63) is 42.0 Å². The molecule has 1 rings (SSSR count). The number of hydrogen-bond acceptors (Lipinski definition) is 3. The zero-order valence-corrected chi connectivity index (χ0v) is 10.7. The summed E-state index contributed by atoms with van der Waals surface area (Å²) < 4.78 is 4.77. The van der Waals surface area contributed by atoms with Gasteiger partial charge in [0.2, 0.25) is 5.91 Å². The smallest absolute Gasteiger partial charge is 0.244 e. The van der Waals surface area contributed by atoms with Gasteiger partial charge in [-0.25, -0.2) is 0 Å². The highest BCUT2D eigenvalue weighted by Gasteiger charge is 2.05. The van der Waals surface area contributed by atoms with Crippen LogP contribution in [0, 0.1) is 0 Å². The molecule has 2 N–H and O–H groups in total. The van der Waals surface area contributed by atoms with Crippen LogP contribution in [-0.4, -0.2) is 37.4 Å². The summed E-state index contributed by atoms with van der Waals surface area (Å²) in [4.78, 5) is 11.6. The maximum atomic E-state index is 11.6. The standard InChI is InChI=1S/C14H19NO3/c1-11(12-6-4-3-5-7-12)8-14(17)15-9-13(16)10-18-2/h3-8,13,16H,9-10H2,1-2H3,(H,15,17)/b11-8-. The van der Waals surface area contributed by atoms with Gasteiger partial charge in [-0.3, -0.25) is 4.79 Å². The fraction of sp³-hybridized carbons (Fsp3) is 0.357. The fourth-order valence-corrected chi connectivity index (χ4v) is 1.50. The van der Waals surface area contributed by atoms with Crippen LogP contribution in [0.4, 0.5) is 0 Å². The normalized spacial score (nSPS) is 13.2. The monoisotopic (exact) mass is 249 g/mol. The number of carbonyl (C=O) groups excluding carboxylic acids is 1. The predicted octanol–water partition coefficient (Wildman–Crippen LogP) is 1.21. The number of carbonyl (C=O) groups is 1. The van der Waals surface area contributed by atoms with Crippen molar-refractivity contribution >= 4 is 11.5 Å². The Labute approximate surface area is 107 Å². The Kier molecular flexibility index (Phi) is 6.11. The molecule has 0 heterocycles. The van der Waals surface area contributed by atoms with Crippen molar-refractivity contribution in [1.29, 1.82) is 0 Å². The second-order valence-corrected chi connectivity index (χ2v) is 4.05. The zero-order chi connectivity index (χ0) is 13.4. The van der Waals surface area contributed by atoms with E-state index in [0.29, 0.717) is 0 Å². The second-order valence-electron chi connectivity index (χ2n) is 4.05. The van der Waals surface area contributed by atoms with Crippen molar-refractivity contribution in [3.63, 3.8) is 0 Å². The number of benzene rings is 1. The van der Waals surface area contributed by atoms with E-state index in [1.807, 2.05) is 37.3 Å². The van der Waals surface area contributed by atoms with Crippen LogP contribution in [0.3, 0.4) is 0 Å². The lowest BCUT2D eigenvalue weighted by Gasteiger charge is -2.09. The lowest BCUT2D eigenvalue weighted by Crippen LogP contribution is -2.33. The minimum Gasteiger partial charge on any atom is -0.389 e. The number of aliphatic hydroxyl groups excluding tert-OH is 1. The summed E-state index contributed by atoms with van der Waals surface area (Å²) in [6.45, 7) is 2.27. The maximum Gasteiger partial charge on any atom is 0.244 e. The molecule has 0 fully saturated rings. The molecule has 1 aromatic carbocycles. The fourth-order valence-electron chi connectivity index (χ4n) is 1.50. The quantitative estimate of drug-likeness (QED) is 0.745. The first kappa shape index (κ1) is 14.4. The number of aliphatic hydroxyl groups is 1. The third-order valence-electron chi connectivity index (χ3n) is 2.45. The van der Waals surface area contributed by atoms with E-state index in [-0.39, 0.29) is 19.1 Å². The van der Waals surface area contributed by atoms with Gasteiger partial charge in [0.25, 0.3) is 0 Å². The van der Waals surface area contributed by atoms with Crippen LogP contribution >= 0.6 is 0 Å². The van der Waals surface area contributed by atoms with E-state index in [2.05, 4.69) is 5.32 Å². The number of methoxy groups -OCH3 is 1. The number of hydrogen-bond donors (Lipinski definition) is 2. The summed E-state index contributed by atoms with van der Waals surface area (Å²) in [5.41, 5.74) is 1.89. The van der Waals surface area contributed by atoms with Crippen molar-refractivity contribution in [2.75, 3.05) is 20.3 Å². The molecule has 0 spiro atoms. The van der Waals surface area contributed by atoms with E-state index in [1.165, 1.54) is 13.2 Å². The molecular formula is C14H19NO3. The first-order valence-electron chi connectivity index (χ1n) is 5.82. The zero-order valence-electron chi connectivity index (χ0n) is 10.7. The molecule has 98 valence electrons. The molecule has 1 unspecified atom stereocenters. The van der Waals surface area contributed by atoms with Gasteiger partial charge >= 0.3 is 0 Å². The van der Waals surface area contributed by atoms with Crippen LogP contribution < -0.4 is 5.32 Å². The molecule has 1 amide bonds. The molecule has 0 saturated heterocycles. The van der Waals surface area contributed by atoms with Gasteiger partial charge < -0.3 is 15.2 Å². The Morgan fingerprint density at radius 2 is 2.11 bits per heavy atom. The van der Waals surface area contributed by atoms with Crippen LogP contribution in [0.15, 0.2) is 36.4 Å². The molecule has 18 heavy (non-hydrogen) atoms. The Bertz CT molecular complexity index is 401. The summed E-state index contributed by atoms with van der Waals surface area (Å²) in [6.07, 6.45) is 0.846. The van der Waals surface area contributed by atoms with E-state index in [4.69, 9.17) is 4.74 Å². The first-order valence-corrected chi connectivity index (χ1v) is 5.82. The van der Waals surface area contributed by atoms with Crippen LogP contribution in [0.2, 0.25) is 0 Å². The van der Waals surface area contributed by atoms with Crippen LogP contribution in [0.5, 0.6) is 0 Å². The molecule has 1 atom stereocenters. The third-order valence-corrected chi connectivity index (χ3v) is 2.45. The predicted molar refractivity (Wildman–Crippen MR) is 71.0 cm³/mol. The van der Waals surface area contributed by atoms with Gasteiger partial charge in [-0.15, -0.1) is 0 Å². The molecule has 0 aliphatic heterocycles. The minimum atomic E-state index is -0.676. The molecule has 0 bridgehead atoms. The molecule has 4 nitrogen and oxygen atoms in total. The molecule has 0 aromatic heterocycles. The van der Waals surface area contributed by atoms with Gasteiger partial charge in [-0.05, 0) is 18.1 Å². The molecule has 0 saturated carbocycles. The summed E-state index contributed by atoms with van der Waals surface area (Å²) >= 11 is 0. The highest BCUT2D eigenvalue weighted by atomic mass is 16.5. The third kappa shape index (κ3) is 5.12. The summed E-state index contributed by atoms with van der Waals surface area (Å²) in [5.74, 6) is -0.216. The van der Waals surface area contributed by atoms with Crippen molar-refractivity contribution in [3.8, 4) is 0 Å². The van der Waals surface area contributed by atoms with Gasteiger partial charge in [0.15, 0.2) is 0 Å². The molecule has 0 radical (unpaired) electrons. The van der Waals surface area contributed by atoms with E-state index in [9.17, 15) is 9.90 Å². The van der Waals surface area contributed by atoms with Crippen molar-refractivity contribution in [2.24, 2.45) is 0 Å². The summed E-state index contributed by atoms with van der Waals surface area (Å²) in [7, 11) is 1.50. The van der Waals surface area contributed by atoms with Crippen molar-refractivity contribution in [1.82, 2.24) is 5.32 Å². The van der Waals surface area contributed by atoms with Crippen molar-refractivity contribution in [2.45, 2.75) is 13.0 Å². The number of amides is 1. The molecule has 1 aromatic rings. The van der Waals surface area contributed by atoms with Crippen molar-refractivity contribution < 1.29 is 14.6 Å². The minimum absolute atomic E-state index is 0.186. The van der Waals surface area contributed by atoms with Gasteiger partial charge in [-0.1, -0.05) is 30.3 Å². The first-order chi connectivity index (χ1) is 8.63. The Hall–Kier alpha value is -1.65. The topological polar surface area (TPSA) is 58.6 Å². The van der Waals surface area contributed by atoms with Gasteiger partial charge in [0.05, 0.1) is 12.7 Å². The molecule has 4 heteroatoms. The Morgan fingerprint density at radius 3 is 2.72 bits per heavy atom. The highest BCUT2D eigenvalue weighted by Crippen LogP contribution is 2.11. The number of ether oxygens (including phenoxy) is 1. The summed E-state index contributed by atoms with van der Waals surface area (Å²) in [6, 6.07) is 9.66. The number of nitrogens with one attached hydrogen (secondary N) is 1.